The zero-order valence-electron chi connectivity index (χ0n) is 19.5. The Labute approximate surface area is 215 Å². The van der Waals surface area contributed by atoms with Crippen molar-refractivity contribution in [2.75, 3.05) is 6.54 Å². The number of amides is 1. The Hall–Kier alpha value is -3.89. The first-order chi connectivity index (χ1) is 18.0. The predicted molar refractivity (Wildman–Crippen MR) is 125 cm³/mol. The minimum absolute atomic E-state index is 0.0543. The maximum absolute atomic E-state index is 13.3. The molecule has 2 aromatic carbocycles. The Morgan fingerprint density at radius 1 is 1.11 bits per heavy atom. The van der Waals surface area contributed by atoms with Crippen molar-refractivity contribution in [3.8, 4) is 17.2 Å². The van der Waals surface area contributed by atoms with E-state index < -0.39 is 39.8 Å². The summed E-state index contributed by atoms with van der Waals surface area (Å²) in [4.78, 5) is 19.8. The molecule has 5 rings (SSSR count). The van der Waals surface area contributed by atoms with E-state index in [0.717, 1.165) is 41.0 Å². The molecule has 196 valence electrons. The number of nitriles is 1. The van der Waals surface area contributed by atoms with Crippen LogP contribution in [0.5, 0.6) is 0 Å². The van der Waals surface area contributed by atoms with E-state index in [1.807, 2.05) is 6.07 Å². The molecule has 3 atom stereocenters. The molecule has 8 nitrogen and oxygen atoms in total. The molecule has 1 saturated heterocycles. The second kappa shape index (κ2) is 9.45. The van der Waals surface area contributed by atoms with Crippen LogP contribution >= 0.6 is 0 Å². The summed E-state index contributed by atoms with van der Waals surface area (Å²) in [6.45, 7) is 0.0602. The molecule has 1 aliphatic heterocycles. The van der Waals surface area contributed by atoms with Crippen LogP contribution in [-0.2, 0) is 27.5 Å². The maximum Gasteiger partial charge on any atom is 0.451 e. The summed E-state index contributed by atoms with van der Waals surface area (Å²) in [5.41, 5.74) is 1.33. The monoisotopic (exact) mass is 545 g/mol. The van der Waals surface area contributed by atoms with Gasteiger partial charge in [-0.2, -0.15) is 22.7 Å². The molecule has 2 aliphatic rings. The fourth-order valence-electron chi connectivity index (χ4n) is 4.68. The van der Waals surface area contributed by atoms with E-state index in [2.05, 4.69) is 15.3 Å². The van der Waals surface area contributed by atoms with Gasteiger partial charge >= 0.3 is 6.18 Å². The highest BCUT2D eigenvalue weighted by Gasteiger charge is 2.58. The lowest BCUT2D eigenvalue weighted by Crippen LogP contribution is -2.48. The summed E-state index contributed by atoms with van der Waals surface area (Å²) in [7, 11) is -4.05. The van der Waals surface area contributed by atoms with Crippen molar-refractivity contribution < 1.29 is 30.8 Å². The molecule has 1 aliphatic carbocycles. The average molecular weight is 546 g/mol. The number of benzene rings is 2. The Bertz CT molecular complexity index is 1540. The van der Waals surface area contributed by atoms with E-state index in [9.17, 15) is 36.0 Å². The predicted octanol–water partition coefficient (Wildman–Crippen LogP) is 3.50. The zero-order valence-corrected chi connectivity index (χ0v) is 20.3. The highest BCUT2D eigenvalue weighted by molar-refractivity contribution is 7.89. The van der Waals surface area contributed by atoms with E-state index in [1.165, 1.54) is 18.2 Å². The van der Waals surface area contributed by atoms with Crippen molar-refractivity contribution in [3.05, 3.63) is 77.6 Å². The highest BCUT2D eigenvalue weighted by atomic mass is 32.2. The molecule has 38 heavy (non-hydrogen) atoms. The van der Waals surface area contributed by atoms with Crippen molar-refractivity contribution in [2.45, 2.75) is 30.1 Å². The number of alkyl halides is 3. The second-order valence-corrected chi connectivity index (χ2v) is 11.0. The summed E-state index contributed by atoms with van der Waals surface area (Å²) < 4.78 is 79.1. The molecular weight excluding hydrogens is 526 g/mol. The Morgan fingerprint density at radius 2 is 1.79 bits per heavy atom. The van der Waals surface area contributed by atoms with E-state index >= 15 is 0 Å². The first-order valence-electron chi connectivity index (χ1n) is 11.5. The van der Waals surface area contributed by atoms with E-state index in [1.54, 1.807) is 0 Å². The van der Waals surface area contributed by atoms with Gasteiger partial charge in [0.15, 0.2) is 0 Å². The number of carbonyl (C=O) groups excluding carboxylic acids is 1. The minimum Gasteiger partial charge on any atom is -0.351 e. The summed E-state index contributed by atoms with van der Waals surface area (Å²) >= 11 is 0. The smallest absolute Gasteiger partial charge is 0.351 e. The van der Waals surface area contributed by atoms with E-state index in [4.69, 9.17) is 0 Å². The number of nitrogens with one attached hydrogen (secondary N) is 1. The van der Waals surface area contributed by atoms with Crippen LogP contribution in [0.3, 0.4) is 0 Å². The van der Waals surface area contributed by atoms with Gasteiger partial charge in [0.1, 0.15) is 11.9 Å². The van der Waals surface area contributed by atoms with Crippen LogP contribution in [0.4, 0.5) is 17.6 Å². The van der Waals surface area contributed by atoms with Crippen LogP contribution in [0.25, 0.3) is 11.1 Å². The number of aromatic nitrogens is 2. The molecule has 13 heteroatoms. The van der Waals surface area contributed by atoms with Gasteiger partial charge in [-0.25, -0.2) is 22.8 Å². The average Bonchev–Trinajstić information content (AvgIpc) is 3.55. The summed E-state index contributed by atoms with van der Waals surface area (Å²) in [5, 5.41) is 12.2. The summed E-state index contributed by atoms with van der Waals surface area (Å²) in [6.07, 6.45) is -1.94. The Balaban J connectivity index is 1.35. The first kappa shape index (κ1) is 25.7. The van der Waals surface area contributed by atoms with Gasteiger partial charge < -0.3 is 5.32 Å². The third-order valence-electron chi connectivity index (χ3n) is 6.71. The van der Waals surface area contributed by atoms with Crippen LogP contribution in [0.1, 0.15) is 23.4 Å². The van der Waals surface area contributed by atoms with Gasteiger partial charge in [-0.1, -0.05) is 6.07 Å². The van der Waals surface area contributed by atoms with Gasteiger partial charge in [0.25, 0.3) is 0 Å². The number of hydrogen-bond donors (Lipinski definition) is 1. The third-order valence-corrected chi connectivity index (χ3v) is 8.58. The van der Waals surface area contributed by atoms with Crippen molar-refractivity contribution in [1.82, 2.24) is 19.6 Å². The van der Waals surface area contributed by atoms with Crippen molar-refractivity contribution in [1.29, 1.82) is 5.26 Å². The molecule has 1 saturated carbocycles. The van der Waals surface area contributed by atoms with Gasteiger partial charge in [-0.3, -0.25) is 4.79 Å². The SMILES string of the molecule is N#Cc1ccc(-c2cnc(C(F)(F)F)nc2)cc1CNC(=O)C1C2CC2CN1S(=O)(=O)c1ccc(F)cc1. The van der Waals surface area contributed by atoms with Crippen molar-refractivity contribution >= 4 is 15.9 Å². The molecule has 2 fully saturated rings. The van der Waals surface area contributed by atoms with Crippen LogP contribution < -0.4 is 5.32 Å². The topological polar surface area (TPSA) is 116 Å². The molecule has 3 aromatic rings. The Morgan fingerprint density at radius 3 is 2.42 bits per heavy atom. The molecule has 1 aromatic heterocycles. The van der Waals surface area contributed by atoms with Crippen molar-refractivity contribution in [2.24, 2.45) is 11.8 Å². The molecule has 1 N–H and O–H groups in total. The zero-order chi connectivity index (χ0) is 27.2. The summed E-state index contributed by atoms with van der Waals surface area (Å²) in [5.74, 6) is -2.49. The van der Waals surface area contributed by atoms with Gasteiger partial charge in [0.05, 0.1) is 16.5 Å². The van der Waals surface area contributed by atoms with E-state index in [-0.39, 0.29) is 40.9 Å². The van der Waals surface area contributed by atoms with Crippen LogP contribution in [0, 0.1) is 29.0 Å². The first-order valence-corrected chi connectivity index (χ1v) is 12.9. The molecule has 2 heterocycles. The lowest BCUT2D eigenvalue weighted by Gasteiger charge is -2.26. The number of piperidine rings is 1. The molecule has 1 amide bonds. The fraction of sp³-hybridized carbons (Fsp3) is 0.280. The largest absolute Gasteiger partial charge is 0.451 e. The number of sulfonamides is 1. The van der Waals surface area contributed by atoms with E-state index in [0.29, 0.717) is 17.5 Å². The number of rotatable bonds is 6. The molecule has 0 radical (unpaired) electrons. The summed E-state index contributed by atoms with van der Waals surface area (Å²) in [6, 6.07) is 9.96. The normalized spacial score (nSPS) is 21.0. The highest BCUT2D eigenvalue weighted by Crippen LogP contribution is 2.51. The van der Waals surface area contributed by atoms with Crippen LogP contribution in [-0.4, -0.2) is 41.2 Å². The number of nitrogens with zero attached hydrogens (tertiary/aromatic N) is 4. The number of halogens is 4. The lowest BCUT2D eigenvalue weighted by molar-refractivity contribution is -0.145. The van der Waals surface area contributed by atoms with Crippen molar-refractivity contribution in [3.63, 3.8) is 0 Å². The molecule has 3 unspecified atom stereocenters. The molecular formula is C25H19F4N5O3S. The van der Waals surface area contributed by atoms with Gasteiger partial charge in [0.2, 0.25) is 21.8 Å². The maximum atomic E-state index is 13.3. The standard InChI is InChI=1S/C25H19F4N5O3S/c26-19-3-5-20(6-4-19)38(36,37)34-13-17-8-21(17)22(34)23(35)31-10-16-7-14(1-2-15(16)9-30)18-11-32-24(33-12-18)25(27,28)29/h1-7,11-12,17,21-22H,8,10,13H2,(H,31,35). The van der Waals surface area contributed by atoms with Crippen LogP contribution in [0.15, 0.2) is 59.8 Å². The number of fused-ring (bicyclic) bond motifs is 1. The molecule has 0 bridgehead atoms. The fourth-order valence-corrected chi connectivity index (χ4v) is 6.37. The van der Waals surface area contributed by atoms with Gasteiger partial charge in [0, 0.05) is 31.0 Å². The third kappa shape index (κ3) is 4.84. The van der Waals surface area contributed by atoms with Gasteiger partial charge in [-0.05, 0) is 65.8 Å². The quantitative estimate of drug-likeness (QED) is 0.474. The van der Waals surface area contributed by atoms with Gasteiger partial charge in [-0.15, -0.1) is 0 Å². The number of hydrogen-bond acceptors (Lipinski definition) is 6. The number of carbonyl (C=O) groups is 1. The van der Waals surface area contributed by atoms with Crippen LogP contribution in [0.2, 0.25) is 0 Å². The Kier molecular flexibility index (Phi) is 6.40. The second-order valence-electron chi connectivity index (χ2n) is 9.13. The molecule has 0 spiro atoms. The minimum atomic E-state index is -4.68. The lowest BCUT2D eigenvalue weighted by atomic mass is 10.0.